The number of aliphatic hydroxyl groups is 1. The largest absolute Gasteiger partial charge is 0.374 e. The van der Waals surface area contributed by atoms with Gasteiger partial charge < -0.3 is 5.11 Å². The van der Waals surface area contributed by atoms with Crippen molar-refractivity contribution in [1.82, 2.24) is 0 Å². The lowest BCUT2D eigenvalue weighted by atomic mass is 9.94. The molecule has 2 unspecified atom stereocenters. The molecule has 0 spiro atoms. The molecule has 0 saturated heterocycles. The highest BCUT2D eigenvalue weighted by Crippen LogP contribution is 2.13. The van der Waals surface area contributed by atoms with Crippen molar-refractivity contribution in [3.63, 3.8) is 0 Å². The summed E-state index contributed by atoms with van der Waals surface area (Å²) in [5.74, 6) is -0.637. The average Bonchev–Trinajstić information content (AvgIpc) is 1.86. The molecule has 0 saturated carbocycles. The van der Waals surface area contributed by atoms with Crippen molar-refractivity contribution in [3.05, 3.63) is 0 Å². The normalized spacial score (nSPS) is 18.8. The highest BCUT2D eigenvalue weighted by molar-refractivity contribution is 5.06. The Morgan fingerprint density at radius 2 is 2.00 bits per heavy atom. The van der Waals surface area contributed by atoms with E-state index >= 15 is 0 Å². The van der Waals surface area contributed by atoms with E-state index in [1.54, 1.807) is 12.1 Å². The fraction of sp³-hybridized carbons (Fsp3) is 0.667. The van der Waals surface area contributed by atoms with Crippen LogP contribution in [0.4, 0.5) is 0 Å². The second-order valence-corrected chi connectivity index (χ2v) is 2.11. The van der Waals surface area contributed by atoms with E-state index in [2.05, 4.69) is 0 Å². The predicted octanol–water partition coefficient (Wildman–Crippen LogP) is 0.421. The summed E-state index contributed by atoms with van der Waals surface area (Å²) >= 11 is 0. The quantitative estimate of drug-likeness (QED) is 0.515. The Balaban J connectivity index is 4.23. The topological polar surface area (TPSA) is 67.8 Å². The van der Waals surface area contributed by atoms with Gasteiger partial charge in [-0.15, -0.1) is 0 Å². The summed E-state index contributed by atoms with van der Waals surface area (Å²) in [5.41, 5.74) is -1.51. The van der Waals surface area contributed by atoms with Gasteiger partial charge in [0, 0.05) is 0 Å². The average molecular weight is 124 g/mol. The number of hydrogen-bond donors (Lipinski definition) is 1. The van der Waals surface area contributed by atoms with Crippen LogP contribution in [0.25, 0.3) is 0 Å². The fourth-order valence-electron chi connectivity index (χ4n) is 0.223. The van der Waals surface area contributed by atoms with Crippen LogP contribution in [0.15, 0.2) is 0 Å². The first-order chi connectivity index (χ1) is 4.04. The highest BCUT2D eigenvalue weighted by atomic mass is 16.3. The van der Waals surface area contributed by atoms with E-state index in [1.165, 1.54) is 13.8 Å². The summed E-state index contributed by atoms with van der Waals surface area (Å²) < 4.78 is 0. The lowest BCUT2D eigenvalue weighted by Crippen LogP contribution is -2.29. The molecule has 0 aromatic heterocycles. The predicted molar refractivity (Wildman–Crippen MR) is 31.0 cm³/mol. The van der Waals surface area contributed by atoms with Gasteiger partial charge in [0.1, 0.15) is 0 Å². The van der Waals surface area contributed by atoms with Crippen molar-refractivity contribution in [3.8, 4) is 12.1 Å². The number of hydrogen-bond acceptors (Lipinski definition) is 3. The first-order valence-electron chi connectivity index (χ1n) is 2.58. The second kappa shape index (κ2) is 2.48. The lowest BCUT2D eigenvalue weighted by molar-refractivity contribution is 0.0853. The number of rotatable bonds is 1. The molecule has 0 fully saturated rings. The molecule has 0 heterocycles. The molecule has 0 rings (SSSR count). The molecule has 0 aliphatic rings. The molecule has 0 radical (unpaired) electrons. The maximum atomic E-state index is 9.01. The van der Waals surface area contributed by atoms with E-state index in [4.69, 9.17) is 15.6 Å². The molecule has 3 heteroatoms. The summed E-state index contributed by atoms with van der Waals surface area (Å²) in [6.07, 6.45) is 0. The zero-order valence-electron chi connectivity index (χ0n) is 5.42. The van der Waals surface area contributed by atoms with Crippen molar-refractivity contribution >= 4 is 0 Å². The Kier molecular flexibility index (Phi) is 2.19. The molecule has 0 aromatic rings. The van der Waals surface area contributed by atoms with Gasteiger partial charge in [0.2, 0.25) is 0 Å². The van der Waals surface area contributed by atoms with Crippen LogP contribution < -0.4 is 0 Å². The molecule has 0 aromatic carbocycles. The van der Waals surface area contributed by atoms with Gasteiger partial charge in [-0.05, 0) is 13.8 Å². The standard InChI is InChI=1S/C6H8N2O/c1-5(3-7)6(2,9)4-8/h5,9H,1-2H3. The van der Waals surface area contributed by atoms with Crippen LogP contribution in [0.5, 0.6) is 0 Å². The number of nitriles is 2. The van der Waals surface area contributed by atoms with Crippen molar-refractivity contribution in [2.24, 2.45) is 5.92 Å². The third-order valence-corrected chi connectivity index (χ3v) is 1.26. The van der Waals surface area contributed by atoms with Crippen LogP contribution in [0, 0.1) is 28.6 Å². The Hall–Kier alpha value is -1.06. The minimum Gasteiger partial charge on any atom is -0.374 e. The van der Waals surface area contributed by atoms with Crippen LogP contribution in [0.3, 0.4) is 0 Å². The SMILES string of the molecule is CC(C#N)C(C)(O)C#N. The van der Waals surface area contributed by atoms with Gasteiger partial charge >= 0.3 is 0 Å². The van der Waals surface area contributed by atoms with Crippen molar-refractivity contribution in [2.75, 3.05) is 0 Å². The van der Waals surface area contributed by atoms with Gasteiger partial charge in [-0.25, -0.2) is 0 Å². The molecule has 2 atom stereocenters. The smallest absolute Gasteiger partial charge is 0.163 e. The molecule has 0 aliphatic carbocycles. The molecule has 9 heavy (non-hydrogen) atoms. The van der Waals surface area contributed by atoms with Crippen LogP contribution in [-0.4, -0.2) is 10.7 Å². The van der Waals surface area contributed by atoms with Crippen molar-refractivity contribution in [2.45, 2.75) is 19.4 Å². The van der Waals surface area contributed by atoms with Gasteiger partial charge in [-0.3, -0.25) is 0 Å². The molecule has 48 valence electrons. The minimum atomic E-state index is -1.51. The molecule has 0 amide bonds. The van der Waals surface area contributed by atoms with Crippen LogP contribution in [0.2, 0.25) is 0 Å². The van der Waals surface area contributed by atoms with Gasteiger partial charge in [-0.1, -0.05) is 0 Å². The van der Waals surface area contributed by atoms with Crippen LogP contribution in [-0.2, 0) is 0 Å². The van der Waals surface area contributed by atoms with E-state index in [9.17, 15) is 0 Å². The summed E-state index contributed by atoms with van der Waals surface area (Å²) in [4.78, 5) is 0. The molecule has 0 bridgehead atoms. The van der Waals surface area contributed by atoms with Crippen LogP contribution in [0.1, 0.15) is 13.8 Å². The lowest BCUT2D eigenvalue weighted by Gasteiger charge is -2.14. The van der Waals surface area contributed by atoms with Crippen molar-refractivity contribution < 1.29 is 5.11 Å². The molecule has 0 aliphatic heterocycles. The third-order valence-electron chi connectivity index (χ3n) is 1.26. The molecular weight excluding hydrogens is 116 g/mol. The zero-order valence-corrected chi connectivity index (χ0v) is 5.42. The van der Waals surface area contributed by atoms with Crippen molar-refractivity contribution in [1.29, 1.82) is 10.5 Å². The van der Waals surface area contributed by atoms with Crippen LogP contribution >= 0.6 is 0 Å². The Morgan fingerprint density at radius 3 is 2.11 bits per heavy atom. The second-order valence-electron chi connectivity index (χ2n) is 2.11. The highest BCUT2D eigenvalue weighted by Gasteiger charge is 2.27. The van der Waals surface area contributed by atoms with E-state index in [-0.39, 0.29) is 0 Å². The molecule has 3 nitrogen and oxygen atoms in total. The van der Waals surface area contributed by atoms with E-state index < -0.39 is 11.5 Å². The number of nitrogens with zero attached hydrogens (tertiary/aromatic N) is 2. The maximum absolute atomic E-state index is 9.01. The Labute approximate surface area is 54.1 Å². The Morgan fingerprint density at radius 1 is 1.56 bits per heavy atom. The summed E-state index contributed by atoms with van der Waals surface area (Å²) in [7, 11) is 0. The van der Waals surface area contributed by atoms with E-state index in [1.807, 2.05) is 0 Å². The Bertz CT molecular complexity index is 172. The summed E-state index contributed by atoms with van der Waals surface area (Å²) in [6, 6.07) is 3.41. The third kappa shape index (κ3) is 1.71. The monoisotopic (exact) mass is 124 g/mol. The maximum Gasteiger partial charge on any atom is 0.163 e. The first kappa shape index (κ1) is 7.94. The molecule has 1 N–H and O–H groups in total. The summed E-state index contributed by atoms with van der Waals surface area (Å²) in [6.45, 7) is 2.82. The first-order valence-corrected chi connectivity index (χ1v) is 2.58. The minimum absolute atomic E-state index is 0.637. The van der Waals surface area contributed by atoms with Gasteiger partial charge in [0.25, 0.3) is 0 Å². The molecular formula is C6H8N2O. The zero-order chi connectivity index (χ0) is 7.49. The fourth-order valence-corrected chi connectivity index (χ4v) is 0.223. The van der Waals surface area contributed by atoms with Gasteiger partial charge in [-0.2, -0.15) is 10.5 Å². The van der Waals surface area contributed by atoms with Gasteiger partial charge in [0.05, 0.1) is 18.1 Å². The van der Waals surface area contributed by atoms with E-state index in [0.717, 1.165) is 0 Å². The van der Waals surface area contributed by atoms with E-state index in [0.29, 0.717) is 0 Å². The van der Waals surface area contributed by atoms with Gasteiger partial charge in [0.15, 0.2) is 5.60 Å². The summed E-state index contributed by atoms with van der Waals surface area (Å²) in [5, 5.41) is 25.5.